The molecule has 2 aromatic rings. The molecule has 1 aromatic carbocycles. The lowest BCUT2D eigenvalue weighted by Gasteiger charge is -2.24. The van der Waals surface area contributed by atoms with Gasteiger partial charge in [-0.1, -0.05) is 6.07 Å². The summed E-state index contributed by atoms with van der Waals surface area (Å²) in [7, 11) is 1.62. The van der Waals surface area contributed by atoms with Gasteiger partial charge in [0, 0.05) is 11.6 Å². The molecule has 2 N–H and O–H groups in total. The van der Waals surface area contributed by atoms with Crippen molar-refractivity contribution in [3.05, 3.63) is 35.7 Å². The lowest BCUT2D eigenvalue weighted by Crippen LogP contribution is -2.26. The molecule has 2 heterocycles. The van der Waals surface area contributed by atoms with Crippen LogP contribution >= 0.6 is 0 Å². The monoisotopic (exact) mass is 286 g/mol. The number of nitrogens with zero attached hydrogens (tertiary/aromatic N) is 1. The second-order valence-electron chi connectivity index (χ2n) is 5.30. The molecule has 1 saturated heterocycles. The van der Waals surface area contributed by atoms with Crippen LogP contribution in [0.2, 0.25) is 0 Å². The molecular weight excluding hydrogens is 268 g/mol. The van der Waals surface area contributed by atoms with Crippen molar-refractivity contribution < 1.29 is 14.6 Å². The molecule has 110 valence electrons. The van der Waals surface area contributed by atoms with E-state index in [1.54, 1.807) is 19.4 Å². The number of hydrogen-bond donors (Lipinski definition) is 2. The van der Waals surface area contributed by atoms with E-state index in [-0.39, 0.29) is 5.69 Å². The quantitative estimate of drug-likeness (QED) is 0.906. The summed E-state index contributed by atoms with van der Waals surface area (Å²) in [5, 5.41) is 14.3. The van der Waals surface area contributed by atoms with Crippen molar-refractivity contribution in [1.82, 2.24) is 10.3 Å². The smallest absolute Gasteiger partial charge is 0.354 e. The van der Waals surface area contributed by atoms with Crippen LogP contribution < -0.4 is 10.1 Å². The fraction of sp³-hybridized carbons (Fsp3) is 0.375. The van der Waals surface area contributed by atoms with Gasteiger partial charge in [-0.15, -0.1) is 0 Å². The number of ether oxygens (including phenoxy) is 1. The van der Waals surface area contributed by atoms with Crippen molar-refractivity contribution in [2.75, 3.05) is 20.2 Å². The molecule has 1 aliphatic heterocycles. The van der Waals surface area contributed by atoms with Gasteiger partial charge in [0.15, 0.2) is 0 Å². The van der Waals surface area contributed by atoms with Crippen molar-refractivity contribution in [2.45, 2.75) is 18.8 Å². The van der Waals surface area contributed by atoms with Crippen molar-refractivity contribution in [3.8, 4) is 5.75 Å². The number of pyridine rings is 1. The zero-order chi connectivity index (χ0) is 14.8. The average molecular weight is 286 g/mol. The van der Waals surface area contributed by atoms with E-state index in [1.807, 2.05) is 6.07 Å². The SMILES string of the molecule is COc1ccc(C2CCNCC2)c2cc(C(=O)O)ncc12. The Balaban J connectivity index is 2.18. The Morgan fingerprint density at radius 2 is 2.10 bits per heavy atom. The molecule has 0 radical (unpaired) electrons. The summed E-state index contributed by atoms with van der Waals surface area (Å²) in [4.78, 5) is 15.2. The van der Waals surface area contributed by atoms with Crippen molar-refractivity contribution in [3.63, 3.8) is 0 Å². The highest BCUT2D eigenvalue weighted by Crippen LogP contribution is 2.35. The number of carboxylic acid groups (broad SMARTS) is 1. The zero-order valence-electron chi connectivity index (χ0n) is 11.9. The summed E-state index contributed by atoms with van der Waals surface area (Å²) >= 11 is 0. The third kappa shape index (κ3) is 2.56. The van der Waals surface area contributed by atoms with Gasteiger partial charge in [-0.25, -0.2) is 9.78 Å². The van der Waals surface area contributed by atoms with Crippen LogP contribution in [0, 0.1) is 0 Å². The van der Waals surface area contributed by atoms with E-state index in [0.717, 1.165) is 42.5 Å². The minimum Gasteiger partial charge on any atom is -0.496 e. The highest BCUT2D eigenvalue weighted by molar-refractivity contribution is 5.96. The largest absolute Gasteiger partial charge is 0.496 e. The van der Waals surface area contributed by atoms with Crippen LogP contribution in [-0.4, -0.2) is 36.3 Å². The molecule has 0 aliphatic carbocycles. The molecule has 0 saturated carbocycles. The zero-order valence-corrected chi connectivity index (χ0v) is 11.9. The predicted octanol–water partition coefficient (Wildman–Crippen LogP) is 2.41. The van der Waals surface area contributed by atoms with E-state index in [4.69, 9.17) is 9.84 Å². The Bertz CT molecular complexity index is 679. The minimum atomic E-state index is -1.00. The fourth-order valence-electron chi connectivity index (χ4n) is 3.02. The Morgan fingerprint density at radius 3 is 2.76 bits per heavy atom. The van der Waals surface area contributed by atoms with Crippen LogP contribution in [-0.2, 0) is 0 Å². The van der Waals surface area contributed by atoms with Crippen LogP contribution in [0.1, 0.15) is 34.8 Å². The molecule has 0 bridgehead atoms. The van der Waals surface area contributed by atoms with E-state index in [1.165, 1.54) is 5.56 Å². The van der Waals surface area contributed by atoms with Gasteiger partial charge >= 0.3 is 5.97 Å². The summed E-state index contributed by atoms with van der Waals surface area (Å²) in [5.74, 6) is 0.173. The van der Waals surface area contributed by atoms with Crippen LogP contribution in [0.5, 0.6) is 5.75 Å². The first-order chi connectivity index (χ1) is 10.2. The number of aromatic carboxylic acids is 1. The number of fused-ring (bicyclic) bond motifs is 1. The number of carboxylic acids is 1. The molecule has 0 amide bonds. The minimum absolute atomic E-state index is 0.0749. The number of rotatable bonds is 3. The van der Waals surface area contributed by atoms with Gasteiger partial charge in [-0.3, -0.25) is 0 Å². The number of methoxy groups -OCH3 is 1. The Kier molecular flexibility index (Phi) is 3.75. The number of carbonyl (C=O) groups is 1. The van der Waals surface area contributed by atoms with E-state index in [9.17, 15) is 4.79 Å². The van der Waals surface area contributed by atoms with E-state index in [2.05, 4.69) is 16.4 Å². The highest BCUT2D eigenvalue weighted by Gasteiger charge is 2.20. The van der Waals surface area contributed by atoms with Crippen LogP contribution in [0.3, 0.4) is 0 Å². The summed E-state index contributed by atoms with van der Waals surface area (Å²) in [6.45, 7) is 1.99. The standard InChI is InChI=1S/C16H18N2O3/c1-21-15-3-2-11(10-4-6-17-7-5-10)12-8-14(16(19)20)18-9-13(12)15/h2-3,8-10,17H,4-7H2,1H3,(H,19,20). The predicted molar refractivity (Wildman–Crippen MR) is 80.1 cm³/mol. The van der Waals surface area contributed by atoms with Gasteiger partial charge in [0.05, 0.1) is 7.11 Å². The molecule has 21 heavy (non-hydrogen) atoms. The van der Waals surface area contributed by atoms with Crippen LogP contribution in [0.4, 0.5) is 0 Å². The molecule has 0 atom stereocenters. The van der Waals surface area contributed by atoms with Crippen molar-refractivity contribution >= 4 is 16.7 Å². The molecule has 1 aromatic heterocycles. The summed E-state index contributed by atoms with van der Waals surface area (Å²) in [5.41, 5.74) is 1.27. The fourth-order valence-corrected chi connectivity index (χ4v) is 3.02. The van der Waals surface area contributed by atoms with Gasteiger partial charge in [0.1, 0.15) is 11.4 Å². The molecule has 0 unspecified atom stereocenters. The van der Waals surface area contributed by atoms with Gasteiger partial charge in [-0.05, 0) is 54.9 Å². The Labute approximate surface area is 123 Å². The maximum atomic E-state index is 11.2. The Hall–Kier alpha value is -2.14. The molecule has 1 aliphatic rings. The van der Waals surface area contributed by atoms with Gasteiger partial charge in [0.25, 0.3) is 0 Å². The average Bonchev–Trinajstić information content (AvgIpc) is 2.54. The first-order valence-corrected chi connectivity index (χ1v) is 7.11. The van der Waals surface area contributed by atoms with Gasteiger partial charge in [0.2, 0.25) is 0 Å². The maximum Gasteiger partial charge on any atom is 0.354 e. The lowest BCUT2D eigenvalue weighted by atomic mass is 9.87. The first-order valence-electron chi connectivity index (χ1n) is 7.11. The Morgan fingerprint density at radius 1 is 1.33 bits per heavy atom. The van der Waals surface area contributed by atoms with Crippen LogP contribution in [0.15, 0.2) is 24.4 Å². The number of benzene rings is 1. The van der Waals surface area contributed by atoms with E-state index < -0.39 is 5.97 Å². The van der Waals surface area contributed by atoms with Crippen molar-refractivity contribution in [1.29, 1.82) is 0 Å². The van der Waals surface area contributed by atoms with Crippen molar-refractivity contribution in [2.24, 2.45) is 0 Å². The van der Waals surface area contributed by atoms with Crippen LogP contribution in [0.25, 0.3) is 10.8 Å². The third-order valence-corrected chi connectivity index (χ3v) is 4.11. The topological polar surface area (TPSA) is 71.5 Å². The maximum absolute atomic E-state index is 11.2. The second-order valence-corrected chi connectivity index (χ2v) is 5.30. The highest BCUT2D eigenvalue weighted by atomic mass is 16.5. The molecule has 5 heteroatoms. The van der Waals surface area contributed by atoms with E-state index >= 15 is 0 Å². The summed E-state index contributed by atoms with van der Waals surface area (Å²) < 4.78 is 5.37. The third-order valence-electron chi connectivity index (χ3n) is 4.11. The normalized spacial score (nSPS) is 16.0. The second kappa shape index (κ2) is 5.69. The number of nitrogens with one attached hydrogen (secondary N) is 1. The molecule has 5 nitrogen and oxygen atoms in total. The molecule has 0 spiro atoms. The lowest BCUT2D eigenvalue weighted by molar-refractivity contribution is 0.0690. The molecule has 1 fully saturated rings. The first kappa shape index (κ1) is 13.8. The number of hydrogen-bond acceptors (Lipinski definition) is 4. The summed E-state index contributed by atoms with van der Waals surface area (Å²) in [6.07, 6.45) is 3.72. The molecular formula is C16H18N2O3. The molecule has 3 rings (SSSR count). The summed E-state index contributed by atoms with van der Waals surface area (Å²) in [6, 6.07) is 5.67. The van der Waals surface area contributed by atoms with Gasteiger partial charge in [-0.2, -0.15) is 0 Å². The van der Waals surface area contributed by atoms with Gasteiger partial charge < -0.3 is 15.2 Å². The number of piperidine rings is 1. The number of aromatic nitrogens is 1. The van der Waals surface area contributed by atoms with E-state index in [0.29, 0.717) is 5.92 Å².